The summed E-state index contributed by atoms with van der Waals surface area (Å²) in [6.45, 7) is 1.26. The van der Waals surface area contributed by atoms with E-state index < -0.39 is 6.10 Å². The lowest BCUT2D eigenvalue weighted by atomic mass is 9.95. The molecule has 1 atom stereocenters. The molecule has 0 aliphatic heterocycles. The number of thiophene rings is 1. The molecule has 0 spiro atoms. The molecule has 0 radical (unpaired) electrons. The topological polar surface area (TPSA) is 88.3 Å². The van der Waals surface area contributed by atoms with Crippen LogP contribution < -0.4 is 10.1 Å². The zero-order chi connectivity index (χ0) is 27.8. The molecule has 11 heteroatoms. The number of benzene rings is 2. The second kappa shape index (κ2) is 11.1. The highest BCUT2D eigenvalue weighted by Crippen LogP contribution is 2.45. The van der Waals surface area contributed by atoms with Crippen molar-refractivity contribution in [3.63, 3.8) is 0 Å². The number of fused-ring (bicyclic) bond motifs is 5. The van der Waals surface area contributed by atoms with Crippen molar-refractivity contribution in [2.24, 2.45) is 0 Å². The van der Waals surface area contributed by atoms with E-state index >= 15 is 0 Å². The molecule has 0 fully saturated rings. The Bertz CT molecular complexity index is 1690. The Morgan fingerprint density at radius 1 is 1.20 bits per heavy atom. The molecule has 206 valence electrons. The van der Waals surface area contributed by atoms with E-state index in [1.165, 1.54) is 17.7 Å². The van der Waals surface area contributed by atoms with Gasteiger partial charge in [0.1, 0.15) is 35.1 Å². The number of hydrogen-bond donors (Lipinski definition) is 2. The minimum absolute atomic E-state index is 0.213. The number of aromatic nitrogens is 4. The van der Waals surface area contributed by atoms with Crippen molar-refractivity contribution >= 4 is 44.7 Å². The molecule has 1 aliphatic rings. The van der Waals surface area contributed by atoms with Gasteiger partial charge in [0.2, 0.25) is 0 Å². The summed E-state index contributed by atoms with van der Waals surface area (Å²) in [6, 6.07) is 11.7. The average molecular weight is 579 g/mol. The third kappa shape index (κ3) is 5.40. The Kier molecular flexibility index (Phi) is 7.41. The first-order valence-electron chi connectivity index (χ1n) is 12.9. The standard InChI is InChI=1S/C29H28ClFN6O2S/c1-36(2)13-20(38)14-37-24-8-7-21-26-28(32-16-33-29(26)40-27(21)22(24)12-34-37)35-19-6-9-25(23(30)11-19)39-15-17-4-3-5-18(31)10-17/h3-6,9-12,16,20,38H,7-8,13-15H2,1-2H3,(H,32,33,35)/t20-/m1/s1. The molecule has 0 amide bonds. The van der Waals surface area contributed by atoms with Gasteiger partial charge in [0, 0.05) is 28.4 Å². The highest BCUT2D eigenvalue weighted by molar-refractivity contribution is 7.22. The second-order valence-corrected chi connectivity index (χ2v) is 11.5. The molecule has 2 aromatic carbocycles. The van der Waals surface area contributed by atoms with E-state index in [-0.39, 0.29) is 12.4 Å². The molecule has 3 heterocycles. The third-order valence-corrected chi connectivity index (χ3v) is 8.30. The van der Waals surface area contributed by atoms with E-state index in [1.807, 2.05) is 35.9 Å². The maximum Gasteiger partial charge on any atom is 0.142 e. The van der Waals surface area contributed by atoms with Crippen molar-refractivity contribution in [3.8, 4) is 16.2 Å². The van der Waals surface area contributed by atoms with Gasteiger partial charge in [-0.15, -0.1) is 11.3 Å². The molecule has 0 bridgehead atoms. The van der Waals surface area contributed by atoms with Gasteiger partial charge in [-0.3, -0.25) is 4.68 Å². The third-order valence-electron chi connectivity index (χ3n) is 6.83. The highest BCUT2D eigenvalue weighted by Gasteiger charge is 2.27. The highest BCUT2D eigenvalue weighted by atomic mass is 35.5. The van der Waals surface area contributed by atoms with Crippen molar-refractivity contribution in [2.75, 3.05) is 26.0 Å². The summed E-state index contributed by atoms with van der Waals surface area (Å²) in [6.07, 6.45) is 4.61. The number of anilines is 2. The largest absolute Gasteiger partial charge is 0.487 e. The summed E-state index contributed by atoms with van der Waals surface area (Å²) in [7, 11) is 3.90. The Morgan fingerprint density at radius 2 is 2.08 bits per heavy atom. The molecular weight excluding hydrogens is 551 g/mol. The van der Waals surface area contributed by atoms with Crippen LogP contribution in [0.3, 0.4) is 0 Å². The van der Waals surface area contributed by atoms with Crippen molar-refractivity contribution in [1.82, 2.24) is 24.6 Å². The van der Waals surface area contributed by atoms with Crippen LogP contribution in [0.25, 0.3) is 20.7 Å². The van der Waals surface area contributed by atoms with Gasteiger partial charge in [-0.1, -0.05) is 23.7 Å². The minimum Gasteiger partial charge on any atom is -0.487 e. The van der Waals surface area contributed by atoms with Gasteiger partial charge in [0.25, 0.3) is 0 Å². The maximum atomic E-state index is 13.5. The number of aliphatic hydroxyl groups is 1. The lowest BCUT2D eigenvalue weighted by Crippen LogP contribution is -2.30. The number of aryl methyl sites for hydroxylation is 1. The number of aliphatic hydroxyl groups excluding tert-OH is 1. The van der Waals surface area contributed by atoms with Gasteiger partial charge < -0.3 is 20.1 Å². The van der Waals surface area contributed by atoms with Gasteiger partial charge in [-0.05, 0) is 68.4 Å². The molecule has 3 aromatic heterocycles. The van der Waals surface area contributed by atoms with Gasteiger partial charge in [0.05, 0.1) is 29.3 Å². The Morgan fingerprint density at radius 3 is 2.88 bits per heavy atom. The second-order valence-electron chi connectivity index (χ2n) is 10.1. The zero-order valence-electron chi connectivity index (χ0n) is 22.1. The molecule has 0 unspecified atom stereocenters. The fourth-order valence-corrected chi connectivity index (χ4v) is 6.56. The predicted molar refractivity (Wildman–Crippen MR) is 156 cm³/mol. The van der Waals surface area contributed by atoms with Crippen LogP contribution in [0.1, 0.15) is 16.8 Å². The van der Waals surface area contributed by atoms with Crippen LogP contribution in [-0.4, -0.2) is 56.5 Å². The van der Waals surface area contributed by atoms with Crippen LogP contribution in [0, 0.1) is 5.82 Å². The van der Waals surface area contributed by atoms with E-state index in [2.05, 4.69) is 20.4 Å². The number of hydrogen-bond acceptors (Lipinski definition) is 8. The normalized spacial score (nSPS) is 13.3. The fraction of sp³-hybridized carbons (Fsp3) is 0.276. The number of nitrogens with one attached hydrogen (secondary N) is 1. The summed E-state index contributed by atoms with van der Waals surface area (Å²) < 4.78 is 21.2. The van der Waals surface area contributed by atoms with Gasteiger partial charge in [-0.25, -0.2) is 14.4 Å². The molecule has 2 N–H and O–H groups in total. The number of halogens is 2. The van der Waals surface area contributed by atoms with Gasteiger partial charge >= 0.3 is 0 Å². The molecule has 5 aromatic rings. The predicted octanol–water partition coefficient (Wildman–Crippen LogP) is 5.69. The summed E-state index contributed by atoms with van der Waals surface area (Å²) in [5.74, 6) is 0.920. The van der Waals surface area contributed by atoms with E-state index in [0.717, 1.165) is 50.4 Å². The van der Waals surface area contributed by atoms with Crippen molar-refractivity contribution in [2.45, 2.75) is 32.1 Å². The number of nitrogens with zero attached hydrogens (tertiary/aromatic N) is 5. The van der Waals surface area contributed by atoms with Crippen LogP contribution in [0.2, 0.25) is 5.02 Å². The Balaban J connectivity index is 1.24. The van der Waals surface area contributed by atoms with E-state index in [1.54, 1.807) is 41.9 Å². The average Bonchev–Trinajstić information content (AvgIpc) is 3.49. The lowest BCUT2D eigenvalue weighted by molar-refractivity contribution is 0.115. The monoisotopic (exact) mass is 578 g/mol. The van der Waals surface area contributed by atoms with Crippen LogP contribution in [0.4, 0.5) is 15.9 Å². The molecule has 6 rings (SSSR count). The first kappa shape index (κ1) is 26.6. The number of ether oxygens (including phenoxy) is 1. The molecular formula is C29H28ClFN6O2S. The summed E-state index contributed by atoms with van der Waals surface area (Å²) >= 11 is 8.16. The minimum atomic E-state index is -0.491. The molecule has 0 saturated heterocycles. The molecule has 1 aliphatic carbocycles. The SMILES string of the molecule is CN(C)C[C@@H](O)Cn1ncc2c1CCc1c-2sc2ncnc(Nc3ccc(OCc4cccc(F)c4)c(Cl)c3)c12. The molecule has 40 heavy (non-hydrogen) atoms. The van der Waals surface area contributed by atoms with Crippen LogP contribution in [0.15, 0.2) is 55.0 Å². The Hall–Kier alpha value is -3.57. The van der Waals surface area contributed by atoms with E-state index in [9.17, 15) is 9.50 Å². The first-order chi connectivity index (χ1) is 19.4. The molecule has 8 nitrogen and oxygen atoms in total. The fourth-order valence-electron chi connectivity index (χ4n) is 5.11. The van der Waals surface area contributed by atoms with Gasteiger partial charge in [-0.2, -0.15) is 5.10 Å². The lowest BCUT2D eigenvalue weighted by Gasteiger charge is -2.19. The maximum absolute atomic E-state index is 13.5. The quantitative estimate of drug-likeness (QED) is 0.232. The Labute approximate surface area is 240 Å². The first-order valence-corrected chi connectivity index (χ1v) is 14.1. The zero-order valence-corrected chi connectivity index (χ0v) is 23.6. The van der Waals surface area contributed by atoms with Crippen molar-refractivity contribution in [3.05, 3.63) is 82.6 Å². The summed E-state index contributed by atoms with van der Waals surface area (Å²) in [5, 5.41) is 19.9. The van der Waals surface area contributed by atoms with Crippen LogP contribution in [0.5, 0.6) is 5.75 Å². The summed E-state index contributed by atoms with van der Waals surface area (Å²) in [4.78, 5) is 13.1. The van der Waals surface area contributed by atoms with E-state index in [4.69, 9.17) is 16.3 Å². The van der Waals surface area contributed by atoms with Crippen molar-refractivity contribution < 1.29 is 14.2 Å². The van der Waals surface area contributed by atoms with E-state index in [0.29, 0.717) is 29.7 Å². The number of rotatable bonds is 9. The summed E-state index contributed by atoms with van der Waals surface area (Å²) in [5.41, 5.74) is 4.92. The number of likely N-dealkylation sites (N-methyl/N-ethyl adjacent to an activating group) is 1. The van der Waals surface area contributed by atoms with Crippen molar-refractivity contribution in [1.29, 1.82) is 0 Å². The van der Waals surface area contributed by atoms with Crippen LogP contribution in [-0.2, 0) is 26.0 Å². The van der Waals surface area contributed by atoms with Gasteiger partial charge in [0.15, 0.2) is 0 Å². The smallest absolute Gasteiger partial charge is 0.142 e. The molecule has 0 saturated carbocycles. The van der Waals surface area contributed by atoms with Crippen LogP contribution >= 0.6 is 22.9 Å².